The van der Waals surface area contributed by atoms with Gasteiger partial charge in [-0.1, -0.05) is 23.9 Å². The van der Waals surface area contributed by atoms with Gasteiger partial charge < -0.3 is 15.6 Å². The zero-order chi connectivity index (χ0) is 21.1. The number of carbonyl (C=O) groups excluding carboxylic acids is 2. The zero-order valence-corrected chi connectivity index (χ0v) is 18.3. The monoisotopic (exact) mass is 441 g/mol. The molecule has 4 rings (SSSR count). The number of fused-ring (bicyclic) bond motifs is 1. The summed E-state index contributed by atoms with van der Waals surface area (Å²) in [4.78, 5) is 25.4. The first-order valence-corrected chi connectivity index (χ1v) is 11.8. The lowest BCUT2D eigenvalue weighted by atomic mass is 9.96. The van der Waals surface area contributed by atoms with E-state index in [9.17, 15) is 9.59 Å². The van der Waals surface area contributed by atoms with Crippen LogP contribution in [0.4, 0.5) is 5.69 Å². The number of hydrogen-bond acceptors (Lipinski definition) is 6. The van der Waals surface area contributed by atoms with Crippen LogP contribution in [-0.2, 0) is 24.2 Å². The molecule has 0 atom stereocenters. The lowest BCUT2D eigenvalue weighted by molar-refractivity contribution is -0.113. The predicted molar refractivity (Wildman–Crippen MR) is 120 cm³/mol. The summed E-state index contributed by atoms with van der Waals surface area (Å²) in [5.41, 5.74) is 8.66. The van der Waals surface area contributed by atoms with Gasteiger partial charge >= 0.3 is 0 Å². The van der Waals surface area contributed by atoms with Gasteiger partial charge in [0.1, 0.15) is 0 Å². The number of hydrogen-bond donors (Lipinski definition) is 2. The van der Waals surface area contributed by atoms with Crippen molar-refractivity contribution in [2.24, 2.45) is 5.73 Å². The van der Waals surface area contributed by atoms with Gasteiger partial charge in [-0.05, 0) is 50.3 Å². The average Bonchev–Trinajstić information content (AvgIpc) is 3.35. The van der Waals surface area contributed by atoms with Crippen LogP contribution in [-0.4, -0.2) is 32.3 Å². The summed E-state index contributed by atoms with van der Waals surface area (Å²) in [6.45, 7) is 2.78. The summed E-state index contributed by atoms with van der Waals surface area (Å²) in [6, 6.07) is 6.71. The summed E-state index contributed by atoms with van der Waals surface area (Å²) in [5, 5.41) is 14.4. The Bertz CT molecular complexity index is 1090. The number of anilines is 1. The summed E-state index contributed by atoms with van der Waals surface area (Å²) in [6.07, 6.45) is 4.71. The summed E-state index contributed by atoms with van der Waals surface area (Å²) >= 11 is 3.14. The Kier molecular flexibility index (Phi) is 6.19. The minimum absolute atomic E-state index is 0.160. The van der Waals surface area contributed by atoms with Crippen molar-refractivity contribution in [2.45, 2.75) is 44.3 Å². The minimum Gasteiger partial charge on any atom is -0.366 e. The molecule has 0 spiro atoms. The second-order valence-electron chi connectivity index (χ2n) is 7.06. The molecule has 0 radical (unpaired) electrons. The van der Waals surface area contributed by atoms with Crippen LogP contribution in [0, 0.1) is 0 Å². The molecule has 1 aliphatic carbocycles. The molecule has 1 aliphatic rings. The highest BCUT2D eigenvalue weighted by atomic mass is 32.2. The van der Waals surface area contributed by atoms with Gasteiger partial charge in [0.25, 0.3) is 5.91 Å². The number of carbonyl (C=O) groups is 2. The molecule has 3 aromatic rings. The van der Waals surface area contributed by atoms with Crippen molar-refractivity contribution in [1.29, 1.82) is 0 Å². The van der Waals surface area contributed by atoms with Gasteiger partial charge in [-0.3, -0.25) is 9.59 Å². The maximum Gasteiger partial charge on any atom is 0.250 e. The molecule has 0 bridgehead atoms. The van der Waals surface area contributed by atoms with Crippen LogP contribution >= 0.6 is 23.1 Å². The maximum atomic E-state index is 12.4. The zero-order valence-electron chi connectivity index (χ0n) is 16.7. The molecule has 0 saturated heterocycles. The fraction of sp³-hybridized carbons (Fsp3) is 0.333. The van der Waals surface area contributed by atoms with Crippen molar-refractivity contribution in [3.63, 3.8) is 0 Å². The van der Waals surface area contributed by atoms with E-state index in [0.717, 1.165) is 25.2 Å². The van der Waals surface area contributed by atoms with Gasteiger partial charge in [0.2, 0.25) is 5.91 Å². The number of benzene rings is 1. The Morgan fingerprint density at radius 3 is 2.83 bits per heavy atom. The summed E-state index contributed by atoms with van der Waals surface area (Å²) in [7, 11) is 0. The molecule has 0 unspecified atom stereocenters. The predicted octanol–water partition coefficient (Wildman–Crippen LogP) is 3.74. The topological polar surface area (TPSA) is 103 Å². The molecule has 0 fully saturated rings. The SMILES string of the molecule is CCn1c(SCC(=O)Nc2ccccc2C(N)=O)nnc1-c1csc2c1CCCC2. The summed E-state index contributed by atoms with van der Waals surface area (Å²) < 4.78 is 2.06. The second-order valence-corrected chi connectivity index (χ2v) is 8.96. The van der Waals surface area contributed by atoms with Crippen LogP contribution in [0.3, 0.4) is 0 Å². The van der Waals surface area contributed by atoms with E-state index in [0.29, 0.717) is 10.8 Å². The number of thiophene rings is 1. The highest BCUT2D eigenvalue weighted by Crippen LogP contribution is 2.36. The van der Waals surface area contributed by atoms with E-state index in [1.807, 2.05) is 11.3 Å². The third-order valence-electron chi connectivity index (χ3n) is 5.13. The first kappa shape index (κ1) is 20.6. The smallest absolute Gasteiger partial charge is 0.250 e. The van der Waals surface area contributed by atoms with Crippen molar-refractivity contribution in [1.82, 2.24) is 14.8 Å². The van der Waals surface area contributed by atoms with Crippen molar-refractivity contribution >= 4 is 40.6 Å². The van der Waals surface area contributed by atoms with E-state index in [1.54, 1.807) is 24.3 Å². The molecule has 9 heteroatoms. The van der Waals surface area contributed by atoms with Crippen LogP contribution in [0.2, 0.25) is 0 Å². The van der Waals surface area contributed by atoms with Crippen LogP contribution in [0.1, 0.15) is 40.6 Å². The minimum atomic E-state index is -0.576. The van der Waals surface area contributed by atoms with Crippen molar-refractivity contribution in [3.05, 3.63) is 45.6 Å². The number of primary amides is 1. The molecular weight excluding hydrogens is 418 g/mol. The van der Waals surface area contributed by atoms with Gasteiger partial charge in [0.05, 0.1) is 17.0 Å². The van der Waals surface area contributed by atoms with Crippen molar-refractivity contribution in [2.75, 3.05) is 11.1 Å². The number of nitrogens with two attached hydrogens (primary N) is 1. The Labute approximate surface area is 183 Å². The van der Waals surface area contributed by atoms with Crippen LogP contribution < -0.4 is 11.1 Å². The maximum absolute atomic E-state index is 12.4. The Hall–Kier alpha value is -2.65. The number of para-hydroxylation sites is 1. The lowest BCUT2D eigenvalue weighted by Gasteiger charge is -2.13. The van der Waals surface area contributed by atoms with E-state index in [2.05, 4.69) is 32.4 Å². The standard InChI is InChI=1S/C21H23N5O2S2/c1-2-26-20(15-11-29-17-10-6-4-7-13(15)17)24-25-21(26)30-12-18(27)23-16-9-5-3-8-14(16)19(22)28/h3,5,8-9,11H,2,4,6-7,10,12H2,1H3,(H2,22,28)(H,23,27). The number of thioether (sulfide) groups is 1. The molecule has 3 N–H and O–H groups in total. The molecule has 30 heavy (non-hydrogen) atoms. The van der Waals surface area contributed by atoms with E-state index in [-0.39, 0.29) is 17.2 Å². The number of aryl methyl sites for hydroxylation is 1. The molecular formula is C21H23N5O2S2. The molecule has 2 heterocycles. The van der Waals surface area contributed by atoms with Gasteiger partial charge in [0, 0.05) is 22.4 Å². The average molecular weight is 442 g/mol. The number of nitrogens with zero attached hydrogens (tertiary/aromatic N) is 3. The molecule has 2 aromatic heterocycles. The third-order valence-corrected chi connectivity index (χ3v) is 7.19. The van der Waals surface area contributed by atoms with Gasteiger partial charge in [-0.15, -0.1) is 21.5 Å². The number of amides is 2. The normalized spacial score (nSPS) is 13.1. The fourth-order valence-corrected chi connectivity index (χ4v) is 5.61. The molecule has 7 nitrogen and oxygen atoms in total. The second kappa shape index (κ2) is 9.01. The van der Waals surface area contributed by atoms with Gasteiger partial charge in [-0.25, -0.2) is 0 Å². The Morgan fingerprint density at radius 1 is 1.23 bits per heavy atom. The lowest BCUT2D eigenvalue weighted by Crippen LogP contribution is -2.19. The van der Waals surface area contributed by atoms with Crippen molar-refractivity contribution in [3.8, 4) is 11.4 Å². The number of rotatable bonds is 7. The highest BCUT2D eigenvalue weighted by Gasteiger charge is 2.22. The molecule has 2 amide bonds. The molecule has 1 aromatic carbocycles. The first-order chi connectivity index (χ1) is 14.6. The van der Waals surface area contributed by atoms with E-state index < -0.39 is 5.91 Å². The number of nitrogens with one attached hydrogen (secondary N) is 1. The highest BCUT2D eigenvalue weighted by molar-refractivity contribution is 7.99. The van der Waals surface area contributed by atoms with Crippen molar-refractivity contribution < 1.29 is 9.59 Å². The van der Waals surface area contributed by atoms with Gasteiger partial charge in [-0.2, -0.15) is 0 Å². The van der Waals surface area contributed by atoms with Gasteiger partial charge in [0.15, 0.2) is 11.0 Å². The quantitative estimate of drug-likeness (QED) is 0.544. The first-order valence-electron chi connectivity index (χ1n) is 9.92. The van der Waals surface area contributed by atoms with Crippen LogP contribution in [0.15, 0.2) is 34.8 Å². The van der Waals surface area contributed by atoms with E-state index in [1.165, 1.54) is 40.6 Å². The molecule has 0 aliphatic heterocycles. The van der Waals surface area contributed by atoms with Crippen LogP contribution in [0.5, 0.6) is 0 Å². The summed E-state index contributed by atoms with van der Waals surface area (Å²) in [5.74, 6) is 0.230. The Morgan fingerprint density at radius 2 is 2.03 bits per heavy atom. The fourth-order valence-electron chi connectivity index (χ4n) is 3.68. The largest absolute Gasteiger partial charge is 0.366 e. The Balaban J connectivity index is 1.48. The van der Waals surface area contributed by atoms with Crippen LogP contribution in [0.25, 0.3) is 11.4 Å². The third kappa shape index (κ3) is 4.13. The molecule has 0 saturated carbocycles. The number of aromatic nitrogens is 3. The van der Waals surface area contributed by atoms with E-state index >= 15 is 0 Å². The van der Waals surface area contributed by atoms with E-state index in [4.69, 9.17) is 5.73 Å². The molecule has 156 valence electrons.